The van der Waals surface area contributed by atoms with Gasteiger partial charge in [-0.2, -0.15) is 0 Å². The van der Waals surface area contributed by atoms with E-state index in [1.807, 2.05) is 0 Å². The maximum Gasteiger partial charge on any atom is 0.223 e. The fourth-order valence-corrected chi connectivity index (χ4v) is 0.820. The number of aliphatic imine (C=N–C) groups is 1. The fraction of sp³-hybridized carbons (Fsp3) is 0.556. The van der Waals surface area contributed by atoms with E-state index in [9.17, 15) is 4.79 Å². The highest BCUT2D eigenvalue weighted by Gasteiger charge is 1.96. The molecule has 0 unspecified atom stereocenters. The van der Waals surface area contributed by atoms with E-state index < -0.39 is 0 Å². The molecule has 0 aliphatic rings. The Hall–Kier alpha value is -1.56. The summed E-state index contributed by atoms with van der Waals surface area (Å²) in [7, 11) is 3.26. The molecule has 15 heavy (non-hydrogen) atoms. The third-order valence-corrected chi connectivity index (χ3v) is 1.58. The smallest absolute Gasteiger partial charge is 0.223 e. The van der Waals surface area contributed by atoms with Crippen LogP contribution in [0.25, 0.3) is 0 Å². The molecule has 0 aliphatic heterocycles. The standard InChI is InChI=1S/C9H19N5O/c1-11-7-14-8(13-6-5-10)3-4-9(15)12-2/h3,7,13H,4-6,10H2,1-2H3,(H,11,14)(H,12,15)/b8-3-. The van der Waals surface area contributed by atoms with Gasteiger partial charge in [0.25, 0.3) is 0 Å². The van der Waals surface area contributed by atoms with Gasteiger partial charge in [0.2, 0.25) is 5.91 Å². The van der Waals surface area contributed by atoms with E-state index in [2.05, 4.69) is 20.9 Å². The number of rotatable bonds is 7. The van der Waals surface area contributed by atoms with Crippen LogP contribution in [0, 0.1) is 0 Å². The molecule has 5 N–H and O–H groups in total. The number of hydrogen-bond acceptors (Lipinski definition) is 4. The maximum atomic E-state index is 11.0. The van der Waals surface area contributed by atoms with Crippen LogP contribution in [-0.2, 0) is 4.79 Å². The highest BCUT2D eigenvalue weighted by atomic mass is 16.1. The Balaban J connectivity index is 4.13. The quantitative estimate of drug-likeness (QED) is 0.314. The van der Waals surface area contributed by atoms with Crippen molar-refractivity contribution in [1.29, 1.82) is 0 Å². The molecule has 0 atom stereocenters. The first-order valence-corrected chi connectivity index (χ1v) is 4.76. The lowest BCUT2D eigenvalue weighted by atomic mass is 10.3. The zero-order valence-corrected chi connectivity index (χ0v) is 9.21. The van der Waals surface area contributed by atoms with Crippen molar-refractivity contribution in [3.63, 3.8) is 0 Å². The molecule has 0 saturated heterocycles. The summed E-state index contributed by atoms with van der Waals surface area (Å²) in [5.41, 5.74) is 5.36. The predicted molar refractivity (Wildman–Crippen MR) is 61.4 cm³/mol. The molecule has 6 nitrogen and oxygen atoms in total. The summed E-state index contributed by atoms with van der Waals surface area (Å²) in [6.45, 7) is 1.17. The molecule has 0 radical (unpaired) electrons. The molecule has 0 bridgehead atoms. The van der Waals surface area contributed by atoms with E-state index in [4.69, 9.17) is 5.73 Å². The van der Waals surface area contributed by atoms with E-state index in [1.54, 1.807) is 26.5 Å². The lowest BCUT2D eigenvalue weighted by Gasteiger charge is -2.09. The van der Waals surface area contributed by atoms with Gasteiger partial charge in [0.15, 0.2) is 0 Å². The molecule has 86 valence electrons. The van der Waals surface area contributed by atoms with Crippen LogP contribution >= 0.6 is 0 Å². The van der Waals surface area contributed by atoms with Crippen LogP contribution in [0.2, 0.25) is 0 Å². The summed E-state index contributed by atoms with van der Waals surface area (Å²) in [5, 5.41) is 8.48. The molecule has 0 fully saturated rings. The average molecular weight is 213 g/mol. The Morgan fingerprint density at radius 2 is 2.27 bits per heavy atom. The Kier molecular flexibility index (Phi) is 8.08. The van der Waals surface area contributed by atoms with Crippen molar-refractivity contribution in [3.05, 3.63) is 11.9 Å². The first-order valence-electron chi connectivity index (χ1n) is 4.76. The van der Waals surface area contributed by atoms with Crippen LogP contribution in [-0.4, -0.2) is 39.4 Å². The zero-order valence-electron chi connectivity index (χ0n) is 9.21. The number of nitrogens with one attached hydrogen (secondary N) is 3. The van der Waals surface area contributed by atoms with Crippen LogP contribution < -0.4 is 21.7 Å². The molecule has 1 amide bonds. The Morgan fingerprint density at radius 1 is 1.53 bits per heavy atom. The summed E-state index contributed by atoms with van der Waals surface area (Å²) >= 11 is 0. The number of nitrogens with two attached hydrogens (primary N) is 1. The molecule has 0 aromatic heterocycles. The summed E-state index contributed by atoms with van der Waals surface area (Å²) in [6, 6.07) is 0. The number of nitrogens with zero attached hydrogens (tertiary/aromatic N) is 1. The van der Waals surface area contributed by atoms with Crippen LogP contribution in [0.1, 0.15) is 6.42 Å². The first-order chi connectivity index (χ1) is 7.24. The van der Waals surface area contributed by atoms with E-state index >= 15 is 0 Å². The molecule has 0 spiro atoms. The van der Waals surface area contributed by atoms with Gasteiger partial charge in [0.05, 0.1) is 6.34 Å². The Morgan fingerprint density at radius 3 is 2.80 bits per heavy atom. The fourth-order valence-electron chi connectivity index (χ4n) is 0.820. The third-order valence-electron chi connectivity index (χ3n) is 1.58. The third kappa shape index (κ3) is 7.51. The molecule has 0 saturated carbocycles. The van der Waals surface area contributed by atoms with E-state index in [0.29, 0.717) is 19.5 Å². The zero-order chi connectivity index (χ0) is 11.5. The monoisotopic (exact) mass is 213 g/mol. The molecular formula is C9H19N5O. The van der Waals surface area contributed by atoms with Gasteiger partial charge in [-0.15, -0.1) is 0 Å². The Bertz CT molecular complexity index is 237. The number of amides is 1. The number of hydrogen-bond donors (Lipinski definition) is 4. The highest BCUT2D eigenvalue weighted by Crippen LogP contribution is 1.87. The highest BCUT2D eigenvalue weighted by molar-refractivity contribution is 5.77. The van der Waals surface area contributed by atoms with Gasteiger partial charge in [-0.3, -0.25) is 9.79 Å². The topological polar surface area (TPSA) is 91.5 Å². The molecule has 0 aromatic carbocycles. The normalized spacial score (nSPS) is 11.5. The number of carbonyl (C=O) groups excluding carboxylic acids is 1. The number of carbonyl (C=O) groups is 1. The minimum absolute atomic E-state index is 0.0442. The van der Waals surface area contributed by atoms with Gasteiger partial charge in [-0.25, -0.2) is 0 Å². The van der Waals surface area contributed by atoms with Gasteiger partial charge in [0.1, 0.15) is 5.82 Å². The van der Waals surface area contributed by atoms with Crippen molar-refractivity contribution in [2.24, 2.45) is 10.7 Å². The van der Waals surface area contributed by atoms with Crippen molar-refractivity contribution in [3.8, 4) is 0 Å². The van der Waals surface area contributed by atoms with E-state index in [0.717, 1.165) is 5.82 Å². The maximum absolute atomic E-state index is 11.0. The van der Waals surface area contributed by atoms with Crippen molar-refractivity contribution >= 4 is 12.2 Å². The van der Waals surface area contributed by atoms with Crippen molar-refractivity contribution in [1.82, 2.24) is 16.0 Å². The lowest BCUT2D eigenvalue weighted by Crippen LogP contribution is -2.30. The largest absolute Gasteiger partial charge is 0.371 e. The second kappa shape index (κ2) is 9.01. The minimum atomic E-state index is -0.0442. The summed E-state index contributed by atoms with van der Waals surface area (Å²) in [5.74, 6) is 0.687. The van der Waals surface area contributed by atoms with Gasteiger partial charge < -0.3 is 21.7 Å². The van der Waals surface area contributed by atoms with Crippen molar-refractivity contribution in [2.45, 2.75) is 6.42 Å². The van der Waals surface area contributed by atoms with Gasteiger partial charge >= 0.3 is 0 Å². The van der Waals surface area contributed by atoms with E-state index in [1.165, 1.54) is 0 Å². The summed E-state index contributed by atoms with van der Waals surface area (Å²) in [4.78, 5) is 14.8. The van der Waals surface area contributed by atoms with Crippen LogP contribution in [0.15, 0.2) is 16.9 Å². The SMILES string of the molecule is CN=CN/C(=C\CC(=O)NC)NCCN. The second-order valence-electron chi connectivity index (χ2n) is 2.74. The lowest BCUT2D eigenvalue weighted by molar-refractivity contribution is -0.119. The summed E-state index contributed by atoms with van der Waals surface area (Å²) in [6.07, 6.45) is 3.60. The molecule has 6 heteroatoms. The van der Waals surface area contributed by atoms with Crippen molar-refractivity contribution in [2.75, 3.05) is 27.2 Å². The van der Waals surface area contributed by atoms with Crippen LogP contribution in [0.4, 0.5) is 0 Å². The van der Waals surface area contributed by atoms with Gasteiger partial charge in [0, 0.05) is 33.6 Å². The van der Waals surface area contributed by atoms with E-state index in [-0.39, 0.29) is 5.91 Å². The average Bonchev–Trinajstić information content (AvgIpc) is 2.27. The second-order valence-corrected chi connectivity index (χ2v) is 2.74. The molecule has 0 aromatic rings. The van der Waals surface area contributed by atoms with Gasteiger partial charge in [-0.05, 0) is 6.08 Å². The predicted octanol–water partition coefficient (Wildman–Crippen LogP) is -1.24. The molecule has 0 heterocycles. The van der Waals surface area contributed by atoms with Gasteiger partial charge in [-0.1, -0.05) is 0 Å². The van der Waals surface area contributed by atoms with Crippen molar-refractivity contribution < 1.29 is 4.79 Å². The molecule has 0 rings (SSSR count). The van der Waals surface area contributed by atoms with Crippen LogP contribution in [0.5, 0.6) is 0 Å². The summed E-state index contributed by atoms with van der Waals surface area (Å²) < 4.78 is 0. The minimum Gasteiger partial charge on any atom is -0.371 e. The van der Waals surface area contributed by atoms with Crippen LogP contribution in [0.3, 0.4) is 0 Å². The molecule has 0 aliphatic carbocycles. The molecular weight excluding hydrogens is 194 g/mol. The Labute approximate surface area is 90.0 Å². The first kappa shape index (κ1) is 13.4.